The molecule has 1 rings (SSSR count). The molecule has 78 valence electrons. The Morgan fingerprint density at radius 1 is 1.21 bits per heavy atom. The van der Waals surface area contributed by atoms with Gasteiger partial charge in [-0.3, -0.25) is 0 Å². The van der Waals surface area contributed by atoms with Crippen LogP contribution < -0.4 is 5.73 Å². The molecule has 14 heavy (non-hydrogen) atoms. The van der Waals surface area contributed by atoms with E-state index in [1.807, 2.05) is 6.92 Å². The topological polar surface area (TPSA) is 26.0 Å². The van der Waals surface area contributed by atoms with Crippen molar-refractivity contribution in [3.05, 3.63) is 35.4 Å². The largest absolute Gasteiger partial charge is 0.416 e. The molecule has 0 fully saturated rings. The molecule has 0 aromatic heterocycles. The summed E-state index contributed by atoms with van der Waals surface area (Å²) in [6, 6.07) is 5.06. The zero-order valence-corrected chi connectivity index (χ0v) is 7.81. The molecule has 0 amide bonds. The third kappa shape index (κ3) is 3.03. The molecule has 0 saturated carbocycles. The summed E-state index contributed by atoms with van der Waals surface area (Å²) < 4.78 is 36.5. The lowest BCUT2D eigenvalue weighted by molar-refractivity contribution is -0.137. The van der Waals surface area contributed by atoms with Crippen LogP contribution in [-0.4, -0.2) is 6.04 Å². The Kier molecular flexibility index (Phi) is 3.16. The molecule has 1 aromatic carbocycles. The van der Waals surface area contributed by atoms with Crippen LogP contribution in [0.1, 0.15) is 18.1 Å². The molecule has 0 spiro atoms. The summed E-state index contributed by atoms with van der Waals surface area (Å²) in [6.07, 6.45) is -3.66. The maximum atomic E-state index is 12.2. The van der Waals surface area contributed by atoms with Gasteiger partial charge < -0.3 is 5.73 Å². The van der Waals surface area contributed by atoms with Crippen LogP contribution in [0.25, 0.3) is 0 Å². The molecule has 0 saturated heterocycles. The Bertz CT molecular complexity index is 287. The number of halogens is 3. The number of nitrogens with two attached hydrogens (primary N) is 1. The minimum atomic E-state index is -4.26. The quantitative estimate of drug-likeness (QED) is 0.785. The smallest absolute Gasteiger partial charge is 0.328 e. The molecule has 0 aliphatic carbocycles. The molecule has 1 atom stereocenters. The van der Waals surface area contributed by atoms with Gasteiger partial charge in [-0.1, -0.05) is 12.1 Å². The molecular weight excluding hydrogens is 191 g/mol. The minimum Gasteiger partial charge on any atom is -0.328 e. The van der Waals surface area contributed by atoms with Crippen LogP contribution in [0.3, 0.4) is 0 Å². The molecule has 1 unspecified atom stereocenters. The summed E-state index contributed by atoms with van der Waals surface area (Å²) >= 11 is 0. The van der Waals surface area contributed by atoms with Gasteiger partial charge in [0.2, 0.25) is 0 Å². The SMILES string of the molecule is CC(N)Cc1ccc(C(F)(F)F)cc1. The molecule has 2 N–H and O–H groups in total. The molecule has 0 aliphatic rings. The maximum absolute atomic E-state index is 12.2. The van der Waals surface area contributed by atoms with Crippen LogP contribution in [0.2, 0.25) is 0 Å². The van der Waals surface area contributed by atoms with Crippen LogP contribution in [0.15, 0.2) is 24.3 Å². The average molecular weight is 203 g/mol. The molecular formula is C10H12F3N. The first-order chi connectivity index (χ1) is 6.39. The van der Waals surface area contributed by atoms with Crippen molar-refractivity contribution in [3.63, 3.8) is 0 Å². The van der Waals surface area contributed by atoms with Crippen molar-refractivity contribution in [2.24, 2.45) is 5.73 Å². The zero-order valence-electron chi connectivity index (χ0n) is 7.81. The molecule has 0 radical (unpaired) electrons. The highest BCUT2D eigenvalue weighted by Gasteiger charge is 2.29. The fourth-order valence-corrected chi connectivity index (χ4v) is 1.20. The van der Waals surface area contributed by atoms with E-state index >= 15 is 0 Å². The van der Waals surface area contributed by atoms with E-state index in [2.05, 4.69) is 0 Å². The molecule has 0 bridgehead atoms. The van der Waals surface area contributed by atoms with E-state index in [4.69, 9.17) is 5.73 Å². The summed E-state index contributed by atoms with van der Waals surface area (Å²) in [6.45, 7) is 1.82. The number of rotatable bonds is 2. The van der Waals surface area contributed by atoms with Gasteiger partial charge in [0, 0.05) is 6.04 Å². The van der Waals surface area contributed by atoms with Gasteiger partial charge in [-0.15, -0.1) is 0 Å². The lowest BCUT2D eigenvalue weighted by Crippen LogP contribution is -2.17. The van der Waals surface area contributed by atoms with E-state index in [-0.39, 0.29) is 6.04 Å². The number of hydrogen-bond donors (Lipinski definition) is 1. The van der Waals surface area contributed by atoms with Crippen molar-refractivity contribution < 1.29 is 13.2 Å². The monoisotopic (exact) mass is 203 g/mol. The highest BCUT2D eigenvalue weighted by Crippen LogP contribution is 2.29. The second-order valence-corrected chi connectivity index (χ2v) is 3.38. The Labute approximate surface area is 80.7 Å². The van der Waals surface area contributed by atoms with E-state index in [1.54, 1.807) is 0 Å². The fraction of sp³-hybridized carbons (Fsp3) is 0.400. The second kappa shape index (κ2) is 4.00. The van der Waals surface area contributed by atoms with E-state index < -0.39 is 11.7 Å². The van der Waals surface area contributed by atoms with Crippen molar-refractivity contribution in [1.29, 1.82) is 0 Å². The van der Waals surface area contributed by atoms with E-state index in [1.165, 1.54) is 12.1 Å². The van der Waals surface area contributed by atoms with E-state index in [0.29, 0.717) is 6.42 Å². The minimum absolute atomic E-state index is 0.0354. The summed E-state index contributed by atoms with van der Waals surface area (Å²) in [7, 11) is 0. The van der Waals surface area contributed by atoms with Gasteiger partial charge in [0.15, 0.2) is 0 Å². The standard InChI is InChI=1S/C10H12F3N/c1-7(14)6-8-2-4-9(5-3-8)10(11,12)13/h2-5,7H,6,14H2,1H3. The van der Waals surface area contributed by atoms with Crippen molar-refractivity contribution in [3.8, 4) is 0 Å². The predicted octanol–water partition coefficient (Wildman–Crippen LogP) is 2.60. The first-order valence-electron chi connectivity index (χ1n) is 4.31. The van der Waals surface area contributed by atoms with Crippen molar-refractivity contribution in [1.82, 2.24) is 0 Å². The maximum Gasteiger partial charge on any atom is 0.416 e. The Hall–Kier alpha value is -1.03. The van der Waals surface area contributed by atoms with Gasteiger partial charge in [-0.25, -0.2) is 0 Å². The lowest BCUT2D eigenvalue weighted by atomic mass is 10.1. The van der Waals surface area contributed by atoms with Gasteiger partial charge in [-0.2, -0.15) is 13.2 Å². The summed E-state index contributed by atoms with van der Waals surface area (Å²) in [4.78, 5) is 0. The number of hydrogen-bond acceptors (Lipinski definition) is 1. The number of alkyl halides is 3. The van der Waals surface area contributed by atoms with Gasteiger partial charge in [0.25, 0.3) is 0 Å². The first-order valence-corrected chi connectivity index (χ1v) is 4.31. The van der Waals surface area contributed by atoms with Crippen LogP contribution in [-0.2, 0) is 12.6 Å². The predicted molar refractivity (Wildman–Crippen MR) is 48.8 cm³/mol. The van der Waals surface area contributed by atoms with Crippen LogP contribution >= 0.6 is 0 Å². The lowest BCUT2D eigenvalue weighted by Gasteiger charge is -2.08. The van der Waals surface area contributed by atoms with Crippen molar-refractivity contribution >= 4 is 0 Å². The molecule has 0 aliphatic heterocycles. The average Bonchev–Trinajstić information content (AvgIpc) is 2.02. The Morgan fingerprint density at radius 2 is 1.71 bits per heavy atom. The molecule has 1 nitrogen and oxygen atoms in total. The summed E-state index contributed by atoms with van der Waals surface area (Å²) in [5, 5.41) is 0. The zero-order chi connectivity index (χ0) is 10.8. The van der Waals surface area contributed by atoms with Crippen LogP contribution in [0, 0.1) is 0 Å². The normalized spacial score (nSPS) is 14.1. The van der Waals surface area contributed by atoms with E-state index in [0.717, 1.165) is 17.7 Å². The van der Waals surface area contributed by atoms with Gasteiger partial charge in [0.05, 0.1) is 5.56 Å². The Morgan fingerprint density at radius 3 is 2.07 bits per heavy atom. The van der Waals surface area contributed by atoms with Crippen molar-refractivity contribution in [2.75, 3.05) is 0 Å². The highest BCUT2D eigenvalue weighted by atomic mass is 19.4. The number of benzene rings is 1. The third-order valence-corrected chi connectivity index (χ3v) is 1.84. The van der Waals surface area contributed by atoms with Gasteiger partial charge in [0.1, 0.15) is 0 Å². The van der Waals surface area contributed by atoms with Gasteiger partial charge in [-0.05, 0) is 31.0 Å². The van der Waals surface area contributed by atoms with E-state index in [9.17, 15) is 13.2 Å². The third-order valence-electron chi connectivity index (χ3n) is 1.84. The molecule has 1 aromatic rings. The first kappa shape index (κ1) is 11.0. The van der Waals surface area contributed by atoms with Crippen molar-refractivity contribution in [2.45, 2.75) is 25.6 Å². The molecule has 0 heterocycles. The second-order valence-electron chi connectivity index (χ2n) is 3.38. The fourth-order valence-electron chi connectivity index (χ4n) is 1.20. The highest BCUT2D eigenvalue weighted by molar-refractivity contribution is 5.25. The van der Waals surface area contributed by atoms with Crippen LogP contribution in [0.4, 0.5) is 13.2 Å². The Balaban J connectivity index is 2.79. The summed E-state index contributed by atoms with van der Waals surface area (Å²) in [5.74, 6) is 0. The van der Waals surface area contributed by atoms with Crippen LogP contribution in [0.5, 0.6) is 0 Å². The molecule has 4 heteroatoms. The van der Waals surface area contributed by atoms with Gasteiger partial charge >= 0.3 is 6.18 Å². The summed E-state index contributed by atoms with van der Waals surface area (Å²) in [5.41, 5.74) is 5.73.